The van der Waals surface area contributed by atoms with Gasteiger partial charge in [0.1, 0.15) is 5.01 Å². The van der Waals surface area contributed by atoms with Gasteiger partial charge < -0.3 is 15.5 Å². The van der Waals surface area contributed by atoms with Crippen LogP contribution in [0.2, 0.25) is 0 Å². The van der Waals surface area contributed by atoms with Gasteiger partial charge in [0, 0.05) is 18.6 Å². The summed E-state index contributed by atoms with van der Waals surface area (Å²) in [6.07, 6.45) is 0.991. The Kier molecular flexibility index (Phi) is 2.43. The van der Waals surface area contributed by atoms with Crippen molar-refractivity contribution in [1.29, 1.82) is 0 Å². The SMILES string of the molecule is OCc1nnc(N[C@@H]2C[C@H]2CO)s1. The van der Waals surface area contributed by atoms with Gasteiger partial charge in [-0.2, -0.15) is 0 Å². The van der Waals surface area contributed by atoms with E-state index < -0.39 is 0 Å². The van der Waals surface area contributed by atoms with E-state index in [1.165, 1.54) is 11.3 Å². The third kappa shape index (κ3) is 1.96. The molecule has 3 N–H and O–H groups in total. The topological polar surface area (TPSA) is 78.3 Å². The van der Waals surface area contributed by atoms with Gasteiger partial charge in [0.05, 0.1) is 6.61 Å². The summed E-state index contributed by atoms with van der Waals surface area (Å²) in [5, 5.41) is 29.6. The molecular formula is C7H11N3O2S. The van der Waals surface area contributed by atoms with Gasteiger partial charge in [0.25, 0.3) is 0 Å². The van der Waals surface area contributed by atoms with E-state index in [9.17, 15) is 0 Å². The summed E-state index contributed by atoms with van der Waals surface area (Å²) in [5.41, 5.74) is 0. The Labute approximate surface area is 79.4 Å². The Morgan fingerprint density at radius 3 is 2.85 bits per heavy atom. The molecule has 1 fully saturated rings. The fourth-order valence-corrected chi connectivity index (χ4v) is 1.82. The maximum atomic E-state index is 8.79. The van der Waals surface area contributed by atoms with Crippen molar-refractivity contribution in [3.05, 3.63) is 5.01 Å². The van der Waals surface area contributed by atoms with Gasteiger partial charge in [0.15, 0.2) is 0 Å². The minimum Gasteiger partial charge on any atom is -0.396 e. The van der Waals surface area contributed by atoms with E-state index in [-0.39, 0.29) is 13.2 Å². The van der Waals surface area contributed by atoms with Crippen LogP contribution in [0.5, 0.6) is 0 Å². The molecule has 0 radical (unpaired) electrons. The van der Waals surface area contributed by atoms with Crippen molar-refractivity contribution in [3.63, 3.8) is 0 Å². The number of anilines is 1. The quantitative estimate of drug-likeness (QED) is 0.630. The normalized spacial score (nSPS) is 26.0. The van der Waals surface area contributed by atoms with Crippen LogP contribution in [0.1, 0.15) is 11.4 Å². The summed E-state index contributed by atoms with van der Waals surface area (Å²) < 4.78 is 0. The fourth-order valence-electron chi connectivity index (χ4n) is 1.16. The van der Waals surface area contributed by atoms with Gasteiger partial charge in [-0.15, -0.1) is 10.2 Å². The summed E-state index contributed by atoms with van der Waals surface area (Å²) in [6, 6.07) is 0.337. The molecule has 5 nitrogen and oxygen atoms in total. The van der Waals surface area contributed by atoms with Crippen LogP contribution in [0.4, 0.5) is 5.13 Å². The second-order valence-corrected chi connectivity index (χ2v) is 4.15. The Balaban J connectivity index is 1.88. The molecule has 1 heterocycles. The molecule has 0 aliphatic heterocycles. The van der Waals surface area contributed by atoms with Gasteiger partial charge in [-0.3, -0.25) is 0 Å². The highest BCUT2D eigenvalue weighted by Gasteiger charge is 2.36. The molecule has 1 aromatic heterocycles. The lowest BCUT2D eigenvalue weighted by Gasteiger charge is -1.97. The highest BCUT2D eigenvalue weighted by molar-refractivity contribution is 7.15. The van der Waals surface area contributed by atoms with Crippen LogP contribution in [0.3, 0.4) is 0 Å². The molecule has 2 rings (SSSR count). The Bertz CT molecular complexity index is 291. The van der Waals surface area contributed by atoms with Crippen LogP contribution in [0, 0.1) is 5.92 Å². The van der Waals surface area contributed by atoms with E-state index in [0.717, 1.165) is 11.6 Å². The van der Waals surface area contributed by atoms with Crippen LogP contribution in [0.15, 0.2) is 0 Å². The monoisotopic (exact) mass is 201 g/mol. The molecule has 0 unspecified atom stereocenters. The maximum Gasteiger partial charge on any atom is 0.205 e. The summed E-state index contributed by atoms with van der Waals surface area (Å²) in [7, 11) is 0. The predicted molar refractivity (Wildman–Crippen MR) is 48.4 cm³/mol. The molecule has 6 heteroatoms. The number of hydrogen-bond acceptors (Lipinski definition) is 6. The van der Waals surface area contributed by atoms with Crippen LogP contribution in [-0.2, 0) is 6.61 Å². The Morgan fingerprint density at radius 1 is 1.46 bits per heavy atom. The molecule has 0 spiro atoms. The van der Waals surface area contributed by atoms with Gasteiger partial charge in [-0.25, -0.2) is 0 Å². The molecule has 0 amide bonds. The standard InChI is InChI=1S/C7H11N3O2S/c11-2-4-1-5(4)8-7-10-9-6(3-12)13-7/h4-5,11-12H,1-3H2,(H,8,10)/t4-,5+/m0/s1. The van der Waals surface area contributed by atoms with E-state index in [1.807, 2.05) is 0 Å². The van der Waals surface area contributed by atoms with E-state index in [4.69, 9.17) is 10.2 Å². The van der Waals surface area contributed by atoms with Crippen LogP contribution in [0.25, 0.3) is 0 Å². The molecule has 0 saturated heterocycles. The lowest BCUT2D eigenvalue weighted by molar-refractivity contribution is 0.275. The smallest absolute Gasteiger partial charge is 0.205 e. The number of rotatable bonds is 4. The second kappa shape index (κ2) is 3.57. The molecule has 72 valence electrons. The summed E-state index contributed by atoms with van der Waals surface area (Å²) in [5.74, 6) is 0.362. The zero-order valence-corrected chi connectivity index (χ0v) is 7.79. The number of aliphatic hydroxyl groups excluding tert-OH is 2. The first kappa shape index (κ1) is 8.86. The number of aromatic nitrogens is 2. The average Bonchev–Trinajstić information content (AvgIpc) is 2.73. The summed E-state index contributed by atoms with van der Waals surface area (Å²) in [4.78, 5) is 0. The highest BCUT2D eigenvalue weighted by atomic mass is 32.1. The molecule has 0 bridgehead atoms. The lowest BCUT2D eigenvalue weighted by atomic mass is 10.4. The molecule has 0 aromatic carbocycles. The van der Waals surface area contributed by atoms with Crippen LogP contribution in [-0.4, -0.2) is 33.1 Å². The molecule has 2 atom stereocenters. The number of aliphatic hydroxyl groups is 2. The van der Waals surface area contributed by atoms with Crippen molar-refractivity contribution in [2.45, 2.75) is 19.1 Å². The third-order valence-electron chi connectivity index (χ3n) is 2.07. The van der Waals surface area contributed by atoms with Gasteiger partial charge in [0.2, 0.25) is 5.13 Å². The first-order valence-corrected chi connectivity index (χ1v) is 4.95. The minimum absolute atomic E-state index is 0.0621. The molecule has 1 aliphatic carbocycles. The highest BCUT2D eigenvalue weighted by Crippen LogP contribution is 2.33. The van der Waals surface area contributed by atoms with Crippen molar-refractivity contribution in [1.82, 2.24) is 10.2 Å². The molecule has 1 aromatic rings. The zero-order chi connectivity index (χ0) is 9.26. The van der Waals surface area contributed by atoms with Crippen molar-refractivity contribution in [2.75, 3.05) is 11.9 Å². The molecule has 1 aliphatic rings. The summed E-state index contributed by atoms with van der Waals surface area (Å²) >= 11 is 1.35. The van der Waals surface area contributed by atoms with E-state index in [1.54, 1.807) is 0 Å². The van der Waals surface area contributed by atoms with Crippen molar-refractivity contribution in [2.24, 2.45) is 5.92 Å². The van der Waals surface area contributed by atoms with Gasteiger partial charge >= 0.3 is 0 Å². The van der Waals surface area contributed by atoms with Crippen molar-refractivity contribution in [3.8, 4) is 0 Å². The average molecular weight is 201 g/mol. The zero-order valence-electron chi connectivity index (χ0n) is 6.97. The second-order valence-electron chi connectivity index (χ2n) is 3.09. The maximum absolute atomic E-state index is 8.79. The fraction of sp³-hybridized carbons (Fsp3) is 0.714. The first-order valence-electron chi connectivity index (χ1n) is 4.14. The molecular weight excluding hydrogens is 190 g/mol. The number of nitrogens with one attached hydrogen (secondary N) is 1. The number of nitrogens with zero attached hydrogens (tertiary/aromatic N) is 2. The predicted octanol–water partition coefficient (Wildman–Crippen LogP) is -0.177. The van der Waals surface area contributed by atoms with E-state index in [0.29, 0.717) is 17.0 Å². The van der Waals surface area contributed by atoms with Crippen molar-refractivity contribution >= 4 is 16.5 Å². The molecule has 13 heavy (non-hydrogen) atoms. The van der Waals surface area contributed by atoms with Gasteiger partial charge in [-0.05, 0) is 6.42 Å². The van der Waals surface area contributed by atoms with E-state index in [2.05, 4.69) is 15.5 Å². The Hall–Kier alpha value is -0.720. The third-order valence-corrected chi connectivity index (χ3v) is 2.91. The number of hydrogen-bond donors (Lipinski definition) is 3. The largest absolute Gasteiger partial charge is 0.396 e. The lowest BCUT2D eigenvalue weighted by Crippen LogP contribution is -2.05. The molecule has 1 saturated carbocycles. The van der Waals surface area contributed by atoms with Crippen molar-refractivity contribution < 1.29 is 10.2 Å². The minimum atomic E-state index is -0.0621. The first-order chi connectivity index (χ1) is 6.33. The summed E-state index contributed by atoms with van der Waals surface area (Å²) in [6.45, 7) is 0.163. The van der Waals surface area contributed by atoms with E-state index >= 15 is 0 Å². The van der Waals surface area contributed by atoms with Crippen LogP contribution < -0.4 is 5.32 Å². The van der Waals surface area contributed by atoms with Gasteiger partial charge in [-0.1, -0.05) is 11.3 Å². The Morgan fingerprint density at radius 2 is 2.31 bits per heavy atom. The van der Waals surface area contributed by atoms with Crippen LogP contribution >= 0.6 is 11.3 Å².